The monoisotopic (exact) mass is 431 g/mol. The highest BCUT2D eigenvalue weighted by atomic mass is 16.6. The minimum atomic E-state index is -0.950. The van der Waals surface area contributed by atoms with Gasteiger partial charge in [-0.25, -0.2) is 5.43 Å². The number of ether oxygens (including phenoxy) is 2. The van der Waals surface area contributed by atoms with Crippen LogP contribution in [0.15, 0.2) is 35.1 Å². The second kappa shape index (κ2) is 9.34. The second-order valence-corrected chi connectivity index (χ2v) is 6.99. The number of nitrogens with zero attached hydrogens (tertiary/aromatic N) is 1. The zero-order valence-electron chi connectivity index (χ0n) is 17.3. The zero-order valence-corrected chi connectivity index (χ0v) is 17.3. The van der Waals surface area contributed by atoms with Crippen molar-refractivity contribution in [1.82, 2.24) is 15.4 Å². The van der Waals surface area contributed by atoms with Crippen LogP contribution in [0.25, 0.3) is 0 Å². The van der Waals surface area contributed by atoms with E-state index in [1.54, 1.807) is 6.92 Å². The number of H-pyrrole nitrogens is 1. The highest BCUT2D eigenvalue weighted by molar-refractivity contribution is 5.70. The molecular formula is C19H25N7O5. The smallest absolute Gasteiger partial charge is 0.303 e. The standard InChI is InChI=1S/C19H25N7O5/c1-9(30-10(2)27)15(31-11(3)28)13-17(26-25-12-7-5-4-6-8-12)22-16-14(21-13)18(29)24-19(20)23-16/h4-9,13,15,17,21,25-26H,1-3H3,(H4,20,22,23,24,29). The van der Waals surface area contributed by atoms with E-state index in [9.17, 15) is 14.4 Å². The fourth-order valence-corrected chi connectivity index (χ4v) is 3.28. The predicted molar refractivity (Wildman–Crippen MR) is 114 cm³/mol. The molecule has 0 aliphatic carbocycles. The van der Waals surface area contributed by atoms with Crippen LogP contribution in [0.1, 0.15) is 20.8 Å². The summed E-state index contributed by atoms with van der Waals surface area (Å²) in [6.45, 7) is 4.10. The number of hydrazine groups is 1. The van der Waals surface area contributed by atoms with Gasteiger partial charge in [0.1, 0.15) is 24.0 Å². The molecule has 1 aliphatic heterocycles. The topological polar surface area (TPSA) is 172 Å². The number of fused-ring (bicyclic) bond motifs is 1. The van der Waals surface area contributed by atoms with Crippen molar-refractivity contribution in [3.8, 4) is 0 Å². The molecule has 1 aromatic heterocycles. The third kappa shape index (κ3) is 5.42. The molecule has 0 saturated carbocycles. The van der Waals surface area contributed by atoms with Crippen LogP contribution in [0.4, 0.5) is 23.1 Å². The van der Waals surface area contributed by atoms with Crippen molar-refractivity contribution in [3.63, 3.8) is 0 Å². The van der Waals surface area contributed by atoms with Crippen LogP contribution in [0.2, 0.25) is 0 Å². The molecule has 0 bridgehead atoms. The first-order chi connectivity index (χ1) is 14.7. The highest BCUT2D eigenvalue weighted by Crippen LogP contribution is 2.27. The molecule has 3 rings (SSSR count). The zero-order chi connectivity index (χ0) is 22.5. The third-order valence-electron chi connectivity index (χ3n) is 4.52. The number of hydrogen-bond acceptors (Lipinski definition) is 11. The van der Waals surface area contributed by atoms with Crippen molar-refractivity contribution in [2.75, 3.05) is 21.8 Å². The van der Waals surface area contributed by atoms with Crippen molar-refractivity contribution >= 4 is 35.1 Å². The predicted octanol–water partition coefficient (Wildman–Crippen LogP) is 0.384. The number of nitrogens with two attached hydrogens (primary N) is 1. The molecule has 2 aromatic rings. The van der Waals surface area contributed by atoms with Gasteiger partial charge in [0.25, 0.3) is 5.56 Å². The summed E-state index contributed by atoms with van der Waals surface area (Å²) in [7, 11) is 0. The van der Waals surface area contributed by atoms with E-state index in [1.807, 2.05) is 30.3 Å². The van der Waals surface area contributed by atoms with E-state index in [0.717, 1.165) is 5.69 Å². The van der Waals surface area contributed by atoms with Gasteiger partial charge >= 0.3 is 11.9 Å². The number of benzene rings is 1. The van der Waals surface area contributed by atoms with Crippen molar-refractivity contribution in [1.29, 1.82) is 0 Å². The minimum absolute atomic E-state index is 0.0592. The van der Waals surface area contributed by atoms with Crippen LogP contribution in [-0.4, -0.2) is 46.3 Å². The lowest BCUT2D eigenvalue weighted by atomic mass is 10.0. The SMILES string of the molecule is CC(=O)OC(C)C(OC(C)=O)C1Nc2c(nc(N)[nH]c2=O)NC1NNc1ccccc1. The first-order valence-corrected chi connectivity index (χ1v) is 9.58. The molecule has 1 aliphatic rings. The summed E-state index contributed by atoms with van der Waals surface area (Å²) in [4.78, 5) is 42.2. The Morgan fingerprint density at radius 1 is 1.13 bits per heavy atom. The maximum absolute atomic E-state index is 12.4. The number of esters is 2. The molecule has 12 heteroatoms. The molecule has 4 unspecified atom stereocenters. The van der Waals surface area contributed by atoms with Gasteiger partial charge in [0.15, 0.2) is 11.9 Å². The number of nitrogens with one attached hydrogen (secondary N) is 5. The maximum atomic E-state index is 12.4. The van der Waals surface area contributed by atoms with Gasteiger partial charge in [-0.1, -0.05) is 18.2 Å². The van der Waals surface area contributed by atoms with Gasteiger partial charge in [0.05, 0.1) is 0 Å². The number of carbonyl (C=O) groups is 2. The van der Waals surface area contributed by atoms with E-state index in [-0.39, 0.29) is 17.5 Å². The summed E-state index contributed by atoms with van der Waals surface area (Å²) in [5.74, 6) is -0.952. The molecule has 1 aromatic carbocycles. The van der Waals surface area contributed by atoms with E-state index < -0.39 is 41.9 Å². The molecular weight excluding hydrogens is 406 g/mol. The van der Waals surface area contributed by atoms with E-state index in [4.69, 9.17) is 15.2 Å². The van der Waals surface area contributed by atoms with E-state index >= 15 is 0 Å². The van der Waals surface area contributed by atoms with Gasteiger partial charge in [-0.05, 0) is 19.1 Å². The van der Waals surface area contributed by atoms with Crippen LogP contribution in [0.3, 0.4) is 0 Å². The maximum Gasteiger partial charge on any atom is 0.303 e. The van der Waals surface area contributed by atoms with Crippen molar-refractivity contribution in [3.05, 3.63) is 40.7 Å². The second-order valence-electron chi connectivity index (χ2n) is 6.99. The molecule has 166 valence electrons. The van der Waals surface area contributed by atoms with E-state index in [2.05, 4.69) is 31.5 Å². The molecule has 0 saturated heterocycles. The van der Waals surface area contributed by atoms with Crippen molar-refractivity contribution in [2.45, 2.75) is 45.2 Å². The van der Waals surface area contributed by atoms with Crippen LogP contribution < -0.4 is 32.8 Å². The quantitative estimate of drug-likeness (QED) is 0.264. The molecule has 0 amide bonds. The number of aromatic nitrogens is 2. The highest BCUT2D eigenvalue weighted by Gasteiger charge is 2.41. The number of nitrogen functional groups attached to an aromatic ring is 1. The Balaban J connectivity index is 1.94. The Bertz CT molecular complexity index is 997. The molecule has 4 atom stereocenters. The lowest BCUT2D eigenvalue weighted by molar-refractivity contribution is -0.165. The molecule has 31 heavy (non-hydrogen) atoms. The molecule has 7 N–H and O–H groups in total. The van der Waals surface area contributed by atoms with E-state index in [0.29, 0.717) is 0 Å². The summed E-state index contributed by atoms with van der Waals surface area (Å²) in [6.07, 6.45) is -2.43. The average molecular weight is 431 g/mol. The van der Waals surface area contributed by atoms with Gasteiger partial charge in [-0.15, -0.1) is 0 Å². The van der Waals surface area contributed by atoms with Crippen LogP contribution in [0.5, 0.6) is 0 Å². The van der Waals surface area contributed by atoms with Gasteiger partial charge in [-0.2, -0.15) is 4.98 Å². The Morgan fingerprint density at radius 3 is 2.45 bits per heavy atom. The first-order valence-electron chi connectivity index (χ1n) is 9.58. The van der Waals surface area contributed by atoms with Crippen LogP contribution in [-0.2, 0) is 19.1 Å². The molecule has 0 fully saturated rings. The third-order valence-corrected chi connectivity index (χ3v) is 4.52. The molecule has 2 heterocycles. The lowest BCUT2D eigenvalue weighted by Crippen LogP contribution is -2.62. The van der Waals surface area contributed by atoms with Crippen molar-refractivity contribution < 1.29 is 19.1 Å². The normalized spacial score (nSPS) is 19.1. The van der Waals surface area contributed by atoms with Crippen LogP contribution in [0, 0.1) is 0 Å². The lowest BCUT2D eigenvalue weighted by Gasteiger charge is -2.40. The van der Waals surface area contributed by atoms with Gasteiger partial charge in [-0.3, -0.25) is 19.4 Å². The number of carbonyl (C=O) groups excluding carboxylic acids is 2. The number of rotatable bonds is 7. The van der Waals surface area contributed by atoms with Gasteiger partial charge in [0.2, 0.25) is 5.95 Å². The molecule has 0 radical (unpaired) electrons. The Hall–Kier alpha value is -3.80. The summed E-state index contributed by atoms with van der Waals surface area (Å²) >= 11 is 0. The molecule has 12 nitrogen and oxygen atoms in total. The Labute approximate surface area is 177 Å². The van der Waals surface area contributed by atoms with Crippen LogP contribution >= 0.6 is 0 Å². The number of hydrogen-bond donors (Lipinski definition) is 6. The number of aromatic amines is 1. The van der Waals surface area contributed by atoms with Gasteiger partial charge < -0.3 is 31.3 Å². The number of anilines is 4. The Kier molecular flexibility index (Phi) is 6.60. The minimum Gasteiger partial charge on any atom is -0.459 e. The van der Waals surface area contributed by atoms with E-state index in [1.165, 1.54) is 13.8 Å². The van der Waals surface area contributed by atoms with Gasteiger partial charge in [0, 0.05) is 19.5 Å². The summed E-state index contributed by atoms with van der Waals surface area (Å²) < 4.78 is 10.7. The first kappa shape index (κ1) is 21.9. The Morgan fingerprint density at radius 2 is 1.81 bits per heavy atom. The fraction of sp³-hybridized carbons (Fsp3) is 0.368. The average Bonchev–Trinajstić information content (AvgIpc) is 2.70. The largest absolute Gasteiger partial charge is 0.459 e. The number of para-hydroxylation sites is 1. The summed E-state index contributed by atoms with van der Waals surface area (Å²) in [5.41, 5.74) is 12.2. The summed E-state index contributed by atoms with van der Waals surface area (Å²) in [6, 6.07) is 8.54. The fourth-order valence-electron chi connectivity index (χ4n) is 3.28. The molecule has 0 spiro atoms. The summed E-state index contributed by atoms with van der Waals surface area (Å²) in [5, 5.41) is 6.13. The van der Waals surface area contributed by atoms with Crippen molar-refractivity contribution in [2.24, 2.45) is 0 Å².